The van der Waals surface area contributed by atoms with E-state index in [1.807, 2.05) is 0 Å². The van der Waals surface area contributed by atoms with Gasteiger partial charge in [0.2, 0.25) is 11.0 Å². The zero-order chi connectivity index (χ0) is 19.8. The molecule has 0 N–H and O–H groups in total. The number of allylic oxidation sites excluding steroid dienone is 2. The summed E-state index contributed by atoms with van der Waals surface area (Å²) in [4.78, 5) is 27.4. The van der Waals surface area contributed by atoms with Gasteiger partial charge in [0, 0.05) is 35.3 Å². The van der Waals surface area contributed by atoms with Gasteiger partial charge in [0.15, 0.2) is 10.1 Å². The van der Waals surface area contributed by atoms with Gasteiger partial charge in [-0.25, -0.2) is 4.39 Å². The van der Waals surface area contributed by atoms with E-state index in [9.17, 15) is 14.0 Å². The third-order valence-electron chi connectivity index (χ3n) is 4.88. The lowest BCUT2D eigenvalue weighted by Gasteiger charge is -2.36. The molecule has 0 saturated heterocycles. The average Bonchev–Trinajstić information content (AvgIpc) is 3.08. The lowest BCUT2D eigenvalue weighted by atomic mass is 9.77. The Morgan fingerprint density at radius 3 is 2.75 bits per heavy atom. The Hall–Kier alpha value is -2.06. The smallest absolute Gasteiger partial charge is 0.234 e. The molecule has 4 rings (SSSR count). The minimum Gasteiger partial charge on any atom is -0.294 e. The predicted octanol–water partition coefficient (Wildman–Crippen LogP) is 4.71. The first-order chi connectivity index (χ1) is 13.5. The van der Waals surface area contributed by atoms with E-state index in [1.165, 1.54) is 17.4 Å². The number of Topliss-reactive ketones (excluding diaryl/α,β-unsaturated/α-hetero) is 1. The first kappa shape index (κ1) is 19.3. The average molecular weight is 418 g/mol. The van der Waals surface area contributed by atoms with Crippen LogP contribution in [0.3, 0.4) is 0 Å². The zero-order valence-corrected chi connectivity index (χ0v) is 17.3. The molecule has 8 heteroatoms. The quantitative estimate of drug-likeness (QED) is 0.533. The summed E-state index contributed by atoms with van der Waals surface area (Å²) in [7, 11) is 0. The number of halogens is 1. The maximum Gasteiger partial charge on any atom is 0.234 e. The van der Waals surface area contributed by atoms with E-state index in [0.29, 0.717) is 46.5 Å². The van der Waals surface area contributed by atoms with Crippen molar-refractivity contribution in [2.45, 2.75) is 55.0 Å². The van der Waals surface area contributed by atoms with Gasteiger partial charge in [-0.3, -0.25) is 14.5 Å². The van der Waals surface area contributed by atoms with Gasteiger partial charge >= 0.3 is 0 Å². The Morgan fingerprint density at radius 2 is 2.00 bits per heavy atom. The minimum atomic E-state index is -0.537. The maximum absolute atomic E-state index is 14.5. The second-order valence-electron chi connectivity index (χ2n) is 7.16. The van der Waals surface area contributed by atoms with Crippen molar-refractivity contribution >= 4 is 39.9 Å². The van der Waals surface area contributed by atoms with Crippen molar-refractivity contribution in [3.8, 4) is 0 Å². The summed E-state index contributed by atoms with van der Waals surface area (Å²) >= 11 is 2.94. The standard InChI is InChI=1S/C20H20FN3O2S2/c1-11(2)27-20-23-22-19(28-20)24-15-8-5-9-16(25)18(15)13(10-17(24)26)12-6-3-4-7-14(12)21/h3-4,6-7,11,13H,5,8-10H2,1-2H3/t13-/m1/s1. The van der Waals surface area contributed by atoms with E-state index < -0.39 is 5.92 Å². The number of hydrogen-bond donors (Lipinski definition) is 0. The highest BCUT2D eigenvalue weighted by Crippen LogP contribution is 2.45. The molecule has 0 unspecified atom stereocenters. The third-order valence-corrected chi connectivity index (χ3v) is 6.88. The van der Waals surface area contributed by atoms with Crippen LogP contribution in [-0.2, 0) is 9.59 Å². The number of ketones is 1. The van der Waals surface area contributed by atoms with Crippen LogP contribution in [0, 0.1) is 5.82 Å². The molecule has 0 bridgehead atoms. The SMILES string of the molecule is CC(C)Sc1nnc(N2C(=O)C[C@H](c3ccccc3F)C3=C2CCCC3=O)s1. The van der Waals surface area contributed by atoms with E-state index >= 15 is 0 Å². The molecule has 1 aromatic heterocycles. The van der Waals surface area contributed by atoms with Crippen molar-refractivity contribution in [1.82, 2.24) is 10.2 Å². The van der Waals surface area contributed by atoms with Gasteiger partial charge in [-0.05, 0) is 24.5 Å². The number of nitrogens with zero attached hydrogens (tertiary/aromatic N) is 3. The first-order valence-electron chi connectivity index (χ1n) is 9.29. The molecule has 0 fully saturated rings. The molecule has 5 nitrogen and oxygen atoms in total. The maximum atomic E-state index is 14.5. The van der Waals surface area contributed by atoms with Crippen LogP contribution in [0.4, 0.5) is 9.52 Å². The number of carbonyl (C=O) groups excluding carboxylic acids is 2. The molecule has 1 amide bonds. The van der Waals surface area contributed by atoms with Crippen LogP contribution in [0.2, 0.25) is 0 Å². The Balaban J connectivity index is 1.79. The van der Waals surface area contributed by atoms with Gasteiger partial charge in [-0.1, -0.05) is 55.1 Å². The van der Waals surface area contributed by atoms with Gasteiger partial charge in [0.05, 0.1) is 0 Å². The molecule has 1 atom stereocenters. The number of anilines is 1. The number of amides is 1. The topological polar surface area (TPSA) is 63.2 Å². The largest absolute Gasteiger partial charge is 0.294 e. The number of rotatable bonds is 4. The lowest BCUT2D eigenvalue weighted by Crippen LogP contribution is -2.40. The molecule has 0 spiro atoms. The zero-order valence-electron chi connectivity index (χ0n) is 15.6. The van der Waals surface area contributed by atoms with E-state index in [1.54, 1.807) is 34.9 Å². The highest BCUT2D eigenvalue weighted by atomic mass is 32.2. The van der Waals surface area contributed by atoms with Crippen molar-refractivity contribution in [2.75, 3.05) is 4.90 Å². The Labute approximate surface area is 171 Å². The Bertz CT molecular complexity index is 970. The fourth-order valence-corrected chi connectivity index (χ4v) is 5.89. The molecule has 2 heterocycles. The normalized spacial score (nSPS) is 20.1. The van der Waals surface area contributed by atoms with Crippen molar-refractivity contribution in [3.63, 3.8) is 0 Å². The third kappa shape index (κ3) is 3.51. The molecule has 1 aromatic carbocycles. The van der Waals surface area contributed by atoms with Crippen LogP contribution in [0.15, 0.2) is 39.9 Å². The summed E-state index contributed by atoms with van der Waals surface area (Å²) in [5.74, 6) is -1.09. The molecular weight excluding hydrogens is 397 g/mol. The molecule has 1 aliphatic heterocycles. The second kappa shape index (κ2) is 7.75. The number of aromatic nitrogens is 2. The van der Waals surface area contributed by atoms with Crippen molar-refractivity contribution in [3.05, 3.63) is 46.9 Å². The number of thioether (sulfide) groups is 1. The van der Waals surface area contributed by atoms with Gasteiger partial charge in [-0.2, -0.15) is 0 Å². The molecule has 1 aliphatic carbocycles. The lowest BCUT2D eigenvalue weighted by molar-refractivity contribution is -0.119. The number of benzene rings is 1. The van der Waals surface area contributed by atoms with E-state index in [0.717, 1.165) is 4.34 Å². The molecular formula is C20H20FN3O2S2. The Kier molecular flexibility index (Phi) is 5.33. The fourth-order valence-electron chi connectivity index (χ4n) is 3.78. The highest BCUT2D eigenvalue weighted by molar-refractivity contribution is 8.01. The predicted molar refractivity (Wildman–Crippen MR) is 108 cm³/mol. The van der Waals surface area contributed by atoms with E-state index in [-0.39, 0.29) is 23.9 Å². The van der Waals surface area contributed by atoms with Gasteiger partial charge in [-0.15, -0.1) is 10.2 Å². The second-order valence-corrected chi connectivity index (χ2v) is 9.94. The fraction of sp³-hybridized carbons (Fsp3) is 0.400. The highest BCUT2D eigenvalue weighted by Gasteiger charge is 2.41. The minimum absolute atomic E-state index is 0.00621. The first-order valence-corrected chi connectivity index (χ1v) is 11.0. The van der Waals surface area contributed by atoms with Crippen LogP contribution < -0.4 is 4.90 Å². The van der Waals surface area contributed by atoms with Crippen LogP contribution in [0.1, 0.15) is 51.0 Å². The number of carbonyl (C=O) groups is 2. The summed E-state index contributed by atoms with van der Waals surface area (Å²) in [6.07, 6.45) is 1.76. The summed E-state index contributed by atoms with van der Waals surface area (Å²) < 4.78 is 15.2. The molecule has 146 valence electrons. The summed E-state index contributed by atoms with van der Waals surface area (Å²) in [5, 5.41) is 9.24. The van der Waals surface area contributed by atoms with Crippen LogP contribution in [0.5, 0.6) is 0 Å². The van der Waals surface area contributed by atoms with Crippen molar-refractivity contribution in [2.24, 2.45) is 0 Å². The van der Waals surface area contributed by atoms with E-state index in [4.69, 9.17) is 0 Å². The summed E-state index contributed by atoms with van der Waals surface area (Å²) in [6.45, 7) is 4.13. The molecule has 0 radical (unpaired) electrons. The van der Waals surface area contributed by atoms with Gasteiger partial charge in [0.1, 0.15) is 5.82 Å². The molecule has 28 heavy (non-hydrogen) atoms. The van der Waals surface area contributed by atoms with Gasteiger partial charge in [0.25, 0.3) is 0 Å². The number of hydrogen-bond acceptors (Lipinski definition) is 6. The Morgan fingerprint density at radius 1 is 1.21 bits per heavy atom. The van der Waals surface area contributed by atoms with Crippen LogP contribution in [0.25, 0.3) is 0 Å². The molecule has 0 saturated carbocycles. The van der Waals surface area contributed by atoms with E-state index in [2.05, 4.69) is 24.0 Å². The van der Waals surface area contributed by atoms with Crippen LogP contribution in [-0.4, -0.2) is 27.1 Å². The van der Waals surface area contributed by atoms with Crippen LogP contribution >= 0.6 is 23.1 Å². The summed E-state index contributed by atoms with van der Waals surface area (Å²) in [5.41, 5.74) is 1.63. The van der Waals surface area contributed by atoms with Crippen molar-refractivity contribution in [1.29, 1.82) is 0 Å². The molecule has 2 aromatic rings. The van der Waals surface area contributed by atoms with Crippen molar-refractivity contribution < 1.29 is 14.0 Å². The molecule has 2 aliphatic rings. The summed E-state index contributed by atoms with van der Waals surface area (Å²) in [6, 6.07) is 6.39. The monoisotopic (exact) mass is 417 g/mol. The van der Waals surface area contributed by atoms with Gasteiger partial charge < -0.3 is 0 Å².